The van der Waals surface area contributed by atoms with Gasteiger partial charge in [-0.2, -0.15) is 0 Å². The monoisotopic (exact) mass is 308 g/mol. The van der Waals surface area contributed by atoms with Gasteiger partial charge in [-0.25, -0.2) is 4.98 Å². The van der Waals surface area contributed by atoms with Gasteiger partial charge in [0.15, 0.2) is 11.2 Å². The molecule has 3 nitrogen and oxygen atoms in total. The second kappa shape index (κ2) is 5.00. The van der Waals surface area contributed by atoms with E-state index >= 15 is 0 Å². The fourth-order valence-corrected chi connectivity index (χ4v) is 3.45. The predicted molar refractivity (Wildman–Crippen MR) is 80.7 cm³/mol. The number of nitrogens with zero attached hydrogens (tertiary/aromatic N) is 2. The van der Waals surface area contributed by atoms with Crippen molar-refractivity contribution in [1.82, 2.24) is 9.38 Å². The summed E-state index contributed by atoms with van der Waals surface area (Å²) in [6.07, 6.45) is 4.68. The Hall–Kier alpha value is -1.30. The van der Waals surface area contributed by atoms with Crippen LogP contribution >= 0.6 is 34.7 Å². The number of aromatic nitrogens is 2. The summed E-state index contributed by atoms with van der Waals surface area (Å²) < 4.78 is 1.80. The third kappa shape index (κ3) is 2.08. The highest BCUT2D eigenvalue weighted by atomic mass is 35.5. The third-order valence-corrected chi connectivity index (χ3v) is 4.61. The van der Waals surface area contributed by atoms with Gasteiger partial charge in [0.05, 0.1) is 0 Å². The smallest absolute Gasteiger partial charge is 0.194 e. The van der Waals surface area contributed by atoms with E-state index in [-0.39, 0.29) is 0 Å². The number of hydrogen-bond acceptors (Lipinski definition) is 4. The molecule has 96 valence electrons. The highest BCUT2D eigenvalue weighted by Gasteiger charge is 2.17. The maximum absolute atomic E-state index is 11.4. The first-order chi connectivity index (χ1) is 9.24. The molecule has 0 aliphatic heterocycles. The number of rotatable bonds is 3. The zero-order valence-electron chi connectivity index (χ0n) is 9.96. The van der Waals surface area contributed by atoms with Crippen molar-refractivity contribution in [2.75, 3.05) is 6.26 Å². The fourth-order valence-electron chi connectivity index (χ4n) is 1.98. The molecule has 0 atom stereocenters. The van der Waals surface area contributed by atoms with Gasteiger partial charge in [0.25, 0.3) is 0 Å². The summed E-state index contributed by atoms with van der Waals surface area (Å²) >= 11 is 9.18. The van der Waals surface area contributed by atoms with Gasteiger partial charge in [0, 0.05) is 27.1 Å². The standard InChI is InChI=1S/C13H9ClN2OS2/c1-18-11-3-2-8(14)6-9(11)12-10(7-17)16-4-5-19-13(16)15-12/h2-7H,1H3. The first-order valence-electron chi connectivity index (χ1n) is 5.49. The van der Waals surface area contributed by atoms with E-state index in [1.54, 1.807) is 16.2 Å². The molecule has 19 heavy (non-hydrogen) atoms. The number of benzene rings is 1. The van der Waals surface area contributed by atoms with E-state index < -0.39 is 0 Å². The van der Waals surface area contributed by atoms with Crippen molar-refractivity contribution in [2.24, 2.45) is 0 Å². The van der Waals surface area contributed by atoms with Gasteiger partial charge < -0.3 is 0 Å². The molecule has 0 bridgehead atoms. The summed E-state index contributed by atoms with van der Waals surface area (Å²) in [4.78, 5) is 17.8. The van der Waals surface area contributed by atoms with E-state index in [9.17, 15) is 4.79 Å². The molecule has 2 aromatic heterocycles. The quantitative estimate of drug-likeness (QED) is 0.536. The first-order valence-corrected chi connectivity index (χ1v) is 7.97. The SMILES string of the molecule is CSc1ccc(Cl)cc1-c1nc2sccn2c1C=O. The molecular weight excluding hydrogens is 300 g/mol. The Bertz CT molecular complexity index is 763. The van der Waals surface area contributed by atoms with E-state index in [2.05, 4.69) is 4.98 Å². The van der Waals surface area contributed by atoms with Gasteiger partial charge >= 0.3 is 0 Å². The van der Waals surface area contributed by atoms with Gasteiger partial charge in [-0.05, 0) is 24.5 Å². The van der Waals surface area contributed by atoms with E-state index in [0.717, 1.165) is 21.7 Å². The van der Waals surface area contributed by atoms with Crippen LogP contribution in [0.15, 0.2) is 34.7 Å². The Morgan fingerprint density at radius 2 is 2.32 bits per heavy atom. The van der Waals surface area contributed by atoms with Gasteiger partial charge in [0.2, 0.25) is 0 Å². The van der Waals surface area contributed by atoms with Gasteiger partial charge in [-0.3, -0.25) is 9.20 Å². The largest absolute Gasteiger partial charge is 0.296 e. The molecule has 3 aromatic rings. The molecule has 0 saturated carbocycles. The van der Waals surface area contributed by atoms with Gasteiger partial charge in [0.1, 0.15) is 11.4 Å². The molecule has 3 rings (SSSR count). The van der Waals surface area contributed by atoms with E-state index in [4.69, 9.17) is 11.6 Å². The Kier molecular flexibility index (Phi) is 3.35. The van der Waals surface area contributed by atoms with E-state index in [1.165, 1.54) is 11.3 Å². The number of carbonyl (C=O) groups is 1. The Labute approximate surface area is 123 Å². The number of thioether (sulfide) groups is 1. The number of aldehydes is 1. The van der Waals surface area contributed by atoms with Crippen molar-refractivity contribution in [3.8, 4) is 11.3 Å². The van der Waals surface area contributed by atoms with E-state index in [0.29, 0.717) is 16.4 Å². The van der Waals surface area contributed by atoms with Crippen LogP contribution in [0.2, 0.25) is 5.02 Å². The second-order valence-electron chi connectivity index (χ2n) is 3.86. The maximum atomic E-state index is 11.4. The molecule has 0 fully saturated rings. The Balaban J connectivity index is 2.31. The predicted octanol–water partition coefficient (Wildman–Crippen LogP) is 4.25. The molecule has 0 unspecified atom stereocenters. The van der Waals surface area contributed by atoms with Crippen molar-refractivity contribution < 1.29 is 4.79 Å². The average Bonchev–Trinajstić information content (AvgIpc) is 2.98. The maximum Gasteiger partial charge on any atom is 0.194 e. The van der Waals surface area contributed by atoms with Crippen LogP contribution in [0.25, 0.3) is 16.2 Å². The van der Waals surface area contributed by atoms with Crippen LogP contribution in [0.4, 0.5) is 0 Å². The normalized spacial score (nSPS) is 11.1. The zero-order valence-corrected chi connectivity index (χ0v) is 12.4. The Morgan fingerprint density at radius 1 is 1.47 bits per heavy atom. The molecule has 2 heterocycles. The lowest BCUT2D eigenvalue weighted by Gasteiger charge is -2.06. The minimum absolute atomic E-state index is 0.564. The molecule has 0 radical (unpaired) electrons. The van der Waals surface area contributed by atoms with Crippen LogP contribution in [0.5, 0.6) is 0 Å². The summed E-state index contributed by atoms with van der Waals surface area (Å²) in [6.45, 7) is 0. The molecule has 0 N–H and O–H groups in total. The summed E-state index contributed by atoms with van der Waals surface area (Å²) in [5.41, 5.74) is 2.15. The lowest BCUT2D eigenvalue weighted by Crippen LogP contribution is -1.91. The molecule has 0 spiro atoms. The topological polar surface area (TPSA) is 34.4 Å². The summed E-state index contributed by atoms with van der Waals surface area (Å²) in [5, 5.41) is 2.55. The highest BCUT2D eigenvalue weighted by Crippen LogP contribution is 2.34. The van der Waals surface area contributed by atoms with E-state index in [1.807, 2.05) is 36.0 Å². The van der Waals surface area contributed by atoms with Crippen LogP contribution in [-0.4, -0.2) is 21.9 Å². The molecule has 6 heteroatoms. The highest BCUT2D eigenvalue weighted by molar-refractivity contribution is 7.98. The van der Waals surface area contributed by atoms with Gasteiger partial charge in [-0.1, -0.05) is 11.6 Å². The van der Waals surface area contributed by atoms with Gasteiger partial charge in [-0.15, -0.1) is 23.1 Å². The van der Waals surface area contributed by atoms with Crippen molar-refractivity contribution in [3.05, 3.63) is 40.5 Å². The molecule has 1 aromatic carbocycles. The summed E-state index contributed by atoms with van der Waals surface area (Å²) in [6, 6.07) is 5.65. The number of carbonyl (C=O) groups excluding carboxylic acids is 1. The lowest BCUT2D eigenvalue weighted by atomic mass is 10.1. The fraction of sp³-hybridized carbons (Fsp3) is 0.0769. The molecule has 0 saturated heterocycles. The number of thiazole rings is 1. The first kappa shape index (κ1) is 12.7. The summed E-state index contributed by atoms with van der Waals surface area (Å²) in [5.74, 6) is 0. The second-order valence-corrected chi connectivity index (χ2v) is 6.02. The number of fused-ring (bicyclic) bond motifs is 1. The van der Waals surface area contributed by atoms with Crippen molar-refractivity contribution >= 4 is 45.9 Å². The van der Waals surface area contributed by atoms with Crippen LogP contribution in [0.1, 0.15) is 10.5 Å². The van der Waals surface area contributed by atoms with Crippen molar-refractivity contribution in [1.29, 1.82) is 0 Å². The third-order valence-electron chi connectivity index (χ3n) is 2.83. The number of imidazole rings is 1. The van der Waals surface area contributed by atoms with Crippen LogP contribution in [0.3, 0.4) is 0 Å². The molecule has 0 amide bonds. The van der Waals surface area contributed by atoms with Crippen LogP contribution in [-0.2, 0) is 0 Å². The molecular formula is C13H9ClN2OS2. The van der Waals surface area contributed by atoms with Crippen LogP contribution in [0, 0.1) is 0 Å². The van der Waals surface area contributed by atoms with Crippen LogP contribution < -0.4 is 0 Å². The van der Waals surface area contributed by atoms with Crippen molar-refractivity contribution in [2.45, 2.75) is 4.90 Å². The average molecular weight is 309 g/mol. The minimum atomic E-state index is 0.564. The minimum Gasteiger partial charge on any atom is -0.296 e. The molecule has 0 aliphatic carbocycles. The summed E-state index contributed by atoms with van der Waals surface area (Å²) in [7, 11) is 0. The lowest BCUT2D eigenvalue weighted by molar-refractivity contribution is 0.111. The number of halogens is 1. The van der Waals surface area contributed by atoms with Crippen molar-refractivity contribution in [3.63, 3.8) is 0 Å². The molecule has 0 aliphatic rings. The Morgan fingerprint density at radius 3 is 3.05 bits per heavy atom. The zero-order chi connectivity index (χ0) is 13.4. The number of hydrogen-bond donors (Lipinski definition) is 0.